The Morgan fingerprint density at radius 2 is 1.25 bits per heavy atom. The number of nitrogens with zero attached hydrogens (tertiary/aromatic N) is 1. The Kier molecular flexibility index (Phi) is 7.14. The van der Waals surface area contributed by atoms with Gasteiger partial charge in [-0.3, -0.25) is 4.99 Å². The Labute approximate surface area is 362 Å². The summed E-state index contributed by atoms with van der Waals surface area (Å²) in [6, 6.07) is 37.3. The summed E-state index contributed by atoms with van der Waals surface area (Å²) in [5.74, 6) is 0. The summed E-state index contributed by atoms with van der Waals surface area (Å²) in [5.41, 5.74) is 24.9. The highest BCUT2D eigenvalue weighted by molar-refractivity contribution is 6.03. The van der Waals surface area contributed by atoms with Gasteiger partial charge in [-0.25, -0.2) is 0 Å². The van der Waals surface area contributed by atoms with E-state index in [9.17, 15) is 0 Å². The lowest BCUT2D eigenvalue weighted by Crippen LogP contribution is -2.32. The number of aliphatic imine (C=N–C) groups is 1. The molecular weight excluding hydrogens is 735 g/mol. The number of allylic oxidation sites excluding steroid dienone is 8. The third-order valence-corrected chi connectivity index (χ3v) is 16.7. The predicted molar refractivity (Wildman–Crippen MR) is 260 cm³/mol. The van der Waals surface area contributed by atoms with Crippen molar-refractivity contribution in [3.05, 3.63) is 194 Å². The lowest BCUT2D eigenvalue weighted by atomic mass is 9.64. The SMILES string of the molecule is C=C(N=Cc1ccc2c3c(ccc2c1)C1=C(CC2(C)C(=C1)C(C)(C)c1ccccc12)C3(C)C)c1ccc2c3c(ccc2c1)-c1cc2c(cc1C3(C)C)C1=C(CCC=C1)C2(C)C. The molecule has 0 saturated carbocycles. The summed E-state index contributed by atoms with van der Waals surface area (Å²) < 4.78 is 0. The molecule has 0 amide bonds. The van der Waals surface area contributed by atoms with E-state index in [1.807, 2.05) is 6.21 Å². The van der Waals surface area contributed by atoms with Crippen molar-refractivity contribution in [2.24, 2.45) is 4.99 Å². The molecule has 1 heteroatoms. The smallest absolute Gasteiger partial charge is 0.0630 e. The van der Waals surface area contributed by atoms with Crippen molar-refractivity contribution >= 4 is 44.6 Å². The molecule has 1 unspecified atom stereocenters. The van der Waals surface area contributed by atoms with Crippen LogP contribution in [0.5, 0.6) is 0 Å². The largest absolute Gasteiger partial charge is 0.256 e. The minimum Gasteiger partial charge on any atom is -0.256 e. The number of hydrogen-bond donors (Lipinski definition) is 0. The van der Waals surface area contributed by atoms with Gasteiger partial charge in [0.15, 0.2) is 0 Å². The number of hydrogen-bond acceptors (Lipinski definition) is 1. The third kappa shape index (κ3) is 4.65. The first-order valence-electron chi connectivity index (χ1n) is 22.6. The van der Waals surface area contributed by atoms with Gasteiger partial charge in [-0.05, 0) is 143 Å². The second-order valence-corrected chi connectivity index (χ2v) is 21.4. The zero-order valence-electron chi connectivity index (χ0n) is 37.3. The zero-order chi connectivity index (χ0) is 42.2. The first-order chi connectivity index (χ1) is 29.0. The quantitative estimate of drug-likeness (QED) is 0.158. The van der Waals surface area contributed by atoms with Crippen LogP contribution in [-0.4, -0.2) is 6.21 Å². The second-order valence-electron chi connectivity index (χ2n) is 21.4. The average Bonchev–Trinajstić information content (AvgIpc) is 3.79. The van der Waals surface area contributed by atoms with Gasteiger partial charge >= 0.3 is 0 Å². The molecule has 6 aromatic carbocycles. The fourth-order valence-corrected chi connectivity index (χ4v) is 13.6. The monoisotopic (exact) mass is 789 g/mol. The summed E-state index contributed by atoms with van der Waals surface area (Å²) in [4.78, 5) is 4.98. The van der Waals surface area contributed by atoms with Crippen molar-refractivity contribution in [1.29, 1.82) is 0 Å². The summed E-state index contributed by atoms with van der Waals surface area (Å²) in [6.45, 7) is 26.4. The minimum atomic E-state index is -0.111. The van der Waals surface area contributed by atoms with Crippen molar-refractivity contribution in [2.45, 2.75) is 109 Å². The van der Waals surface area contributed by atoms with Gasteiger partial charge in [-0.2, -0.15) is 0 Å². The van der Waals surface area contributed by atoms with Crippen molar-refractivity contribution in [3.8, 4) is 11.1 Å². The Morgan fingerprint density at radius 3 is 2.03 bits per heavy atom. The van der Waals surface area contributed by atoms with Gasteiger partial charge in [-0.15, -0.1) is 0 Å². The first kappa shape index (κ1) is 37.0. The molecule has 0 aromatic heterocycles. The third-order valence-electron chi connectivity index (χ3n) is 16.7. The van der Waals surface area contributed by atoms with E-state index < -0.39 is 0 Å². The fraction of sp³-hybridized carbons (Fsp3) is 0.283. The van der Waals surface area contributed by atoms with Gasteiger partial charge in [0.25, 0.3) is 0 Å². The van der Waals surface area contributed by atoms with Crippen molar-refractivity contribution in [1.82, 2.24) is 0 Å². The molecule has 6 aromatic rings. The second kappa shape index (κ2) is 11.8. The van der Waals surface area contributed by atoms with Crippen molar-refractivity contribution in [2.75, 3.05) is 0 Å². The van der Waals surface area contributed by atoms with Gasteiger partial charge in [0, 0.05) is 38.9 Å². The van der Waals surface area contributed by atoms with Crippen molar-refractivity contribution < 1.29 is 0 Å². The van der Waals surface area contributed by atoms with Gasteiger partial charge in [-0.1, -0.05) is 171 Å². The van der Waals surface area contributed by atoms with Gasteiger partial charge in [0.1, 0.15) is 0 Å². The molecule has 0 fully saturated rings. The molecule has 61 heavy (non-hydrogen) atoms. The van der Waals surface area contributed by atoms with Crippen molar-refractivity contribution in [3.63, 3.8) is 0 Å². The van der Waals surface area contributed by atoms with E-state index in [2.05, 4.69) is 184 Å². The standard InChI is InChI=1S/C60H55N/c1-34(36-20-24-40-38(28-36)22-26-42-45-30-50-44(29-51(45)58(6,7)54(40)42)41-15-11-12-16-47(41)56(50,2)3)61-33-35-19-23-39-37(27-35)21-25-43-46-31-53-57(4,5)48-17-13-14-18-49(48)60(53,10)32-52(46)59(8,9)55(39)43/h11,13-15,17-31,33H,1,12,16,32H2,2-10H3. The summed E-state index contributed by atoms with van der Waals surface area (Å²) >= 11 is 0. The normalized spacial score (nSPS) is 22.5. The molecule has 0 aliphatic heterocycles. The molecule has 300 valence electrons. The fourth-order valence-electron chi connectivity index (χ4n) is 13.6. The molecule has 1 atom stereocenters. The van der Waals surface area contributed by atoms with Gasteiger partial charge in [0.05, 0.1) is 5.70 Å². The molecule has 0 bridgehead atoms. The maximum atomic E-state index is 4.98. The minimum absolute atomic E-state index is 0.0101. The molecule has 1 nitrogen and oxygen atoms in total. The number of rotatable bonds is 3. The van der Waals surface area contributed by atoms with E-state index >= 15 is 0 Å². The van der Waals surface area contributed by atoms with E-state index in [-0.39, 0.29) is 27.1 Å². The highest BCUT2D eigenvalue weighted by Gasteiger charge is 2.54. The van der Waals surface area contributed by atoms with Crippen LogP contribution in [0.3, 0.4) is 0 Å². The maximum absolute atomic E-state index is 4.98. The van der Waals surface area contributed by atoms with Crippen LogP contribution in [0.4, 0.5) is 0 Å². The van der Waals surface area contributed by atoms with E-state index in [1.54, 1.807) is 16.7 Å². The Morgan fingerprint density at radius 1 is 0.574 bits per heavy atom. The zero-order valence-corrected chi connectivity index (χ0v) is 37.3. The average molecular weight is 790 g/mol. The van der Waals surface area contributed by atoms with Crippen LogP contribution in [0, 0.1) is 0 Å². The number of benzene rings is 6. The highest BCUT2D eigenvalue weighted by Crippen LogP contribution is 2.64. The van der Waals surface area contributed by atoms with E-state index in [4.69, 9.17) is 4.99 Å². The van der Waals surface area contributed by atoms with Crippen LogP contribution >= 0.6 is 0 Å². The van der Waals surface area contributed by atoms with E-state index in [0.29, 0.717) is 0 Å². The molecular formula is C60H55N. The summed E-state index contributed by atoms with van der Waals surface area (Å²) in [6.07, 6.45) is 12.7. The topological polar surface area (TPSA) is 12.4 Å². The Hall–Kier alpha value is -5.79. The van der Waals surface area contributed by atoms with Gasteiger partial charge < -0.3 is 0 Å². The van der Waals surface area contributed by atoms with Crippen LogP contribution in [0.1, 0.15) is 137 Å². The lowest BCUT2D eigenvalue weighted by Gasteiger charge is -2.39. The molecule has 0 heterocycles. The number of fused-ring (bicyclic) bond motifs is 14. The Balaban J connectivity index is 0.843. The molecule has 0 saturated heterocycles. The maximum Gasteiger partial charge on any atom is 0.0630 e. The molecule has 0 spiro atoms. The van der Waals surface area contributed by atoms with E-state index in [0.717, 1.165) is 36.1 Å². The molecule has 0 radical (unpaired) electrons. The molecule has 12 rings (SSSR count). The van der Waals surface area contributed by atoms with Crippen LogP contribution in [-0.2, 0) is 27.1 Å². The highest BCUT2D eigenvalue weighted by atomic mass is 14.7. The molecule has 6 aliphatic rings. The Bertz CT molecular complexity index is 3230. The molecule has 0 N–H and O–H groups in total. The predicted octanol–water partition coefficient (Wildman–Crippen LogP) is 15.4. The summed E-state index contributed by atoms with van der Waals surface area (Å²) in [5, 5.41) is 5.16. The summed E-state index contributed by atoms with van der Waals surface area (Å²) in [7, 11) is 0. The first-order valence-corrected chi connectivity index (χ1v) is 22.6. The van der Waals surface area contributed by atoms with Crippen LogP contribution < -0.4 is 0 Å². The van der Waals surface area contributed by atoms with Crippen LogP contribution in [0.25, 0.3) is 49.5 Å². The van der Waals surface area contributed by atoms with E-state index in [1.165, 1.54) is 88.3 Å². The van der Waals surface area contributed by atoms with Crippen LogP contribution in [0.2, 0.25) is 0 Å². The molecule has 6 aliphatic carbocycles. The van der Waals surface area contributed by atoms with Crippen LogP contribution in [0.15, 0.2) is 144 Å². The lowest BCUT2D eigenvalue weighted by molar-refractivity contribution is 0.470. The van der Waals surface area contributed by atoms with Gasteiger partial charge in [0.2, 0.25) is 0 Å².